The summed E-state index contributed by atoms with van der Waals surface area (Å²) in [6, 6.07) is 0. The highest BCUT2D eigenvalue weighted by Gasteiger charge is 2.02. The van der Waals surface area contributed by atoms with Gasteiger partial charge in [0.25, 0.3) is 0 Å². The number of rotatable bonds is 0. The molecule has 0 aromatic rings. The van der Waals surface area contributed by atoms with Gasteiger partial charge in [-0.3, -0.25) is 0 Å². The van der Waals surface area contributed by atoms with Crippen molar-refractivity contribution < 1.29 is 0 Å². The average Bonchev–Trinajstić information content (AvgIpc) is 2.53. The van der Waals surface area contributed by atoms with E-state index < -0.39 is 0 Å². The summed E-state index contributed by atoms with van der Waals surface area (Å²) in [7, 11) is 0. The van der Waals surface area contributed by atoms with E-state index in [1.54, 1.807) is 0 Å². The minimum atomic E-state index is 0.657. The molecule has 0 aliphatic heterocycles. The highest BCUT2D eigenvalue weighted by Crippen LogP contribution is 2.17. The number of terminal acetylenes is 2. The van der Waals surface area contributed by atoms with Crippen molar-refractivity contribution in [2.45, 2.75) is 0 Å². The number of hydrogen-bond donors (Lipinski definition) is 0. The molecule has 0 bridgehead atoms. The van der Waals surface area contributed by atoms with Crippen LogP contribution in [0.1, 0.15) is 0 Å². The third-order valence-electron chi connectivity index (χ3n) is 0.911. The van der Waals surface area contributed by atoms with Gasteiger partial charge in [-0.15, -0.1) is 12.8 Å². The Kier molecular flexibility index (Phi) is 0.952. The summed E-state index contributed by atoms with van der Waals surface area (Å²) in [5, 5.41) is 0. The third-order valence-corrected chi connectivity index (χ3v) is 0.911. The Labute approximate surface area is 48.9 Å². The van der Waals surface area contributed by atoms with Crippen LogP contribution in [0.2, 0.25) is 0 Å². The van der Waals surface area contributed by atoms with Crippen molar-refractivity contribution in [3.63, 3.8) is 0 Å². The molecule has 36 valence electrons. The Morgan fingerprint density at radius 1 is 1.25 bits per heavy atom. The molecule has 0 spiro atoms. The maximum Gasteiger partial charge on any atom is 0.0810 e. The number of allylic oxidation sites excluding steroid dienone is 4. The van der Waals surface area contributed by atoms with Crippen molar-refractivity contribution in [3.05, 3.63) is 23.3 Å². The lowest BCUT2D eigenvalue weighted by molar-refractivity contribution is 1.85. The van der Waals surface area contributed by atoms with Crippen LogP contribution in [0.3, 0.4) is 0 Å². The molecular weight excluding hydrogens is 96.1 g/mol. The van der Waals surface area contributed by atoms with Crippen molar-refractivity contribution in [2.24, 2.45) is 0 Å². The molecule has 0 heteroatoms. The quantitative estimate of drug-likeness (QED) is 0.400. The molecule has 0 saturated heterocycles. The van der Waals surface area contributed by atoms with Crippen LogP contribution in [-0.4, -0.2) is 0 Å². The first kappa shape index (κ1) is 4.75. The first-order valence-electron chi connectivity index (χ1n) is 2.24. The molecule has 0 radical (unpaired) electrons. The standard InChI is InChI=1S/C8H4/c1-3-7(4-2)8-5-6-8/h1-2,5-6H. The van der Waals surface area contributed by atoms with E-state index in [1.165, 1.54) is 0 Å². The molecule has 0 fully saturated rings. The average molecular weight is 100 g/mol. The van der Waals surface area contributed by atoms with Gasteiger partial charge in [-0.05, 0) is 5.57 Å². The van der Waals surface area contributed by atoms with Crippen LogP contribution in [0.25, 0.3) is 0 Å². The van der Waals surface area contributed by atoms with Crippen molar-refractivity contribution >= 4 is 0 Å². The van der Waals surface area contributed by atoms with E-state index in [4.69, 9.17) is 12.8 Å². The van der Waals surface area contributed by atoms with Crippen LogP contribution in [0.5, 0.6) is 0 Å². The van der Waals surface area contributed by atoms with Crippen LogP contribution in [-0.2, 0) is 0 Å². The highest BCUT2D eigenvalue weighted by atomic mass is 14.0. The first-order valence-corrected chi connectivity index (χ1v) is 2.24. The Morgan fingerprint density at radius 3 is 1.88 bits per heavy atom. The molecule has 1 aliphatic carbocycles. The minimum absolute atomic E-state index is 0.657. The van der Waals surface area contributed by atoms with E-state index in [1.807, 2.05) is 12.2 Å². The number of hydrogen-bond acceptors (Lipinski definition) is 0. The van der Waals surface area contributed by atoms with Gasteiger partial charge in [-0.1, -0.05) is 24.0 Å². The predicted molar refractivity (Wildman–Crippen MR) is 33.8 cm³/mol. The fourth-order valence-electron chi connectivity index (χ4n) is 0.417. The maximum absolute atomic E-state index is 5.03. The molecule has 0 saturated carbocycles. The third kappa shape index (κ3) is 0.647. The van der Waals surface area contributed by atoms with Crippen LogP contribution in [0, 0.1) is 24.7 Å². The normalized spacial score (nSPS) is 12.0. The summed E-state index contributed by atoms with van der Waals surface area (Å²) in [4.78, 5) is 0. The minimum Gasteiger partial charge on any atom is -0.114 e. The second kappa shape index (κ2) is 1.60. The predicted octanol–water partition coefficient (Wildman–Crippen LogP) is 1.12. The SMILES string of the molecule is C#CC(C#C)=C1C=C1. The zero-order chi connectivity index (χ0) is 5.98. The molecule has 8 heavy (non-hydrogen) atoms. The van der Waals surface area contributed by atoms with E-state index in [0.29, 0.717) is 5.57 Å². The summed E-state index contributed by atoms with van der Waals surface area (Å²) in [6.07, 6.45) is 13.9. The molecular formula is C8H4. The summed E-state index contributed by atoms with van der Waals surface area (Å²) in [5.74, 6) is 4.79. The van der Waals surface area contributed by atoms with Crippen molar-refractivity contribution in [3.8, 4) is 24.7 Å². The van der Waals surface area contributed by atoms with Gasteiger partial charge in [0, 0.05) is 0 Å². The highest BCUT2D eigenvalue weighted by molar-refractivity contribution is 5.61. The molecule has 0 aromatic heterocycles. The molecule has 0 unspecified atom stereocenters. The van der Waals surface area contributed by atoms with E-state index in [9.17, 15) is 0 Å². The van der Waals surface area contributed by atoms with Crippen LogP contribution in [0.4, 0.5) is 0 Å². The molecule has 1 aliphatic rings. The molecule has 0 N–H and O–H groups in total. The Balaban J connectivity index is 2.88. The van der Waals surface area contributed by atoms with Gasteiger partial charge in [-0.2, -0.15) is 0 Å². The molecule has 0 nitrogen and oxygen atoms in total. The van der Waals surface area contributed by atoms with Gasteiger partial charge in [0.15, 0.2) is 0 Å². The second-order valence-corrected chi connectivity index (χ2v) is 1.45. The Bertz CT molecular complexity index is 214. The Morgan fingerprint density at radius 2 is 1.75 bits per heavy atom. The molecule has 0 atom stereocenters. The second-order valence-electron chi connectivity index (χ2n) is 1.45. The lowest BCUT2D eigenvalue weighted by atomic mass is 10.2. The lowest BCUT2D eigenvalue weighted by Gasteiger charge is -1.77. The van der Waals surface area contributed by atoms with Gasteiger partial charge in [-0.25, -0.2) is 0 Å². The Hall–Kier alpha value is -1.40. The van der Waals surface area contributed by atoms with Gasteiger partial charge >= 0.3 is 0 Å². The zero-order valence-corrected chi connectivity index (χ0v) is 4.31. The lowest BCUT2D eigenvalue weighted by Crippen LogP contribution is -1.68. The largest absolute Gasteiger partial charge is 0.114 e. The summed E-state index contributed by atoms with van der Waals surface area (Å²) < 4.78 is 0. The van der Waals surface area contributed by atoms with E-state index in [0.717, 1.165) is 5.57 Å². The van der Waals surface area contributed by atoms with Crippen LogP contribution >= 0.6 is 0 Å². The smallest absolute Gasteiger partial charge is 0.0810 e. The van der Waals surface area contributed by atoms with Gasteiger partial charge in [0.2, 0.25) is 0 Å². The van der Waals surface area contributed by atoms with E-state index in [2.05, 4.69) is 11.8 Å². The molecule has 1 rings (SSSR count). The molecule has 0 heterocycles. The summed E-state index contributed by atoms with van der Waals surface area (Å²) in [5.41, 5.74) is 1.68. The van der Waals surface area contributed by atoms with Crippen molar-refractivity contribution in [1.82, 2.24) is 0 Å². The maximum atomic E-state index is 5.03. The monoisotopic (exact) mass is 100 g/mol. The van der Waals surface area contributed by atoms with Gasteiger partial charge in [0.1, 0.15) is 0 Å². The van der Waals surface area contributed by atoms with Crippen molar-refractivity contribution in [1.29, 1.82) is 0 Å². The molecule has 0 amide bonds. The van der Waals surface area contributed by atoms with E-state index in [-0.39, 0.29) is 0 Å². The van der Waals surface area contributed by atoms with Crippen molar-refractivity contribution in [2.75, 3.05) is 0 Å². The summed E-state index contributed by atoms with van der Waals surface area (Å²) in [6.45, 7) is 0. The molecule has 0 aromatic carbocycles. The van der Waals surface area contributed by atoms with Gasteiger partial charge < -0.3 is 0 Å². The zero-order valence-electron chi connectivity index (χ0n) is 4.31. The van der Waals surface area contributed by atoms with Crippen LogP contribution in [0.15, 0.2) is 23.3 Å². The summed E-state index contributed by atoms with van der Waals surface area (Å²) >= 11 is 0. The van der Waals surface area contributed by atoms with E-state index >= 15 is 0 Å². The topological polar surface area (TPSA) is 0 Å². The first-order chi connectivity index (χ1) is 3.88. The van der Waals surface area contributed by atoms with Gasteiger partial charge in [0.05, 0.1) is 5.57 Å². The fraction of sp³-hybridized carbons (Fsp3) is 0. The van der Waals surface area contributed by atoms with Crippen LogP contribution < -0.4 is 0 Å². The fourth-order valence-corrected chi connectivity index (χ4v) is 0.417.